The van der Waals surface area contributed by atoms with Gasteiger partial charge in [-0.3, -0.25) is 13.9 Å². The number of hydrogen-bond donors (Lipinski definition) is 1. The Morgan fingerprint density at radius 1 is 0.868 bits per heavy atom. The van der Waals surface area contributed by atoms with Gasteiger partial charge in [0.05, 0.1) is 10.6 Å². The van der Waals surface area contributed by atoms with Gasteiger partial charge in [-0.15, -0.1) is 0 Å². The quantitative estimate of drug-likeness (QED) is 0.330. The average molecular weight is 556 g/mol. The zero-order valence-corrected chi connectivity index (χ0v) is 23.5. The molecule has 3 rings (SSSR count). The summed E-state index contributed by atoms with van der Waals surface area (Å²) in [5, 5.41) is 3.37. The summed E-state index contributed by atoms with van der Waals surface area (Å²) >= 11 is 5.98. The number of carbonyl (C=O) groups excluding carboxylic acids is 2. The highest BCUT2D eigenvalue weighted by molar-refractivity contribution is 7.92. The maximum absolute atomic E-state index is 13.9. The largest absolute Gasteiger partial charge is 0.352 e. The first-order valence-corrected chi connectivity index (χ1v) is 14.5. The van der Waals surface area contributed by atoms with Gasteiger partial charge in [-0.25, -0.2) is 8.42 Å². The third-order valence-corrected chi connectivity index (χ3v) is 8.35. The minimum absolute atomic E-state index is 0.00900. The van der Waals surface area contributed by atoms with Crippen LogP contribution in [0.4, 0.5) is 5.69 Å². The van der Waals surface area contributed by atoms with E-state index >= 15 is 0 Å². The van der Waals surface area contributed by atoms with E-state index in [-0.39, 0.29) is 23.4 Å². The van der Waals surface area contributed by atoms with Crippen LogP contribution in [0.5, 0.6) is 0 Å². The zero-order valence-electron chi connectivity index (χ0n) is 21.9. The number of anilines is 1. The predicted octanol–water partition coefficient (Wildman–Crippen LogP) is 5.26. The van der Waals surface area contributed by atoms with Crippen LogP contribution in [0.3, 0.4) is 0 Å². The van der Waals surface area contributed by atoms with Gasteiger partial charge in [0.25, 0.3) is 10.0 Å². The number of nitrogens with one attached hydrogen (secondary N) is 1. The van der Waals surface area contributed by atoms with Gasteiger partial charge in [-0.2, -0.15) is 0 Å². The molecular formula is C29H34ClN3O4S. The van der Waals surface area contributed by atoms with E-state index in [2.05, 4.69) is 5.32 Å². The SMILES string of the molecule is CCC(C)NC(=O)C(CC)N(Cc1ccccc1)C(=O)CN(c1ccccc1)S(=O)(=O)c1ccc(Cl)cc1. The van der Waals surface area contributed by atoms with Crippen molar-refractivity contribution in [2.24, 2.45) is 0 Å². The summed E-state index contributed by atoms with van der Waals surface area (Å²) in [4.78, 5) is 28.7. The summed E-state index contributed by atoms with van der Waals surface area (Å²) < 4.78 is 28.6. The molecule has 0 radical (unpaired) electrons. The highest BCUT2D eigenvalue weighted by Gasteiger charge is 2.33. The molecule has 9 heteroatoms. The predicted molar refractivity (Wildman–Crippen MR) is 151 cm³/mol. The van der Waals surface area contributed by atoms with Gasteiger partial charge in [-0.05, 0) is 61.7 Å². The molecule has 2 atom stereocenters. The molecule has 0 aliphatic heterocycles. The van der Waals surface area contributed by atoms with Crippen LogP contribution in [-0.2, 0) is 26.2 Å². The molecule has 3 aromatic rings. The minimum Gasteiger partial charge on any atom is -0.352 e. The normalized spacial score (nSPS) is 12.8. The fourth-order valence-electron chi connectivity index (χ4n) is 4.00. The minimum atomic E-state index is -4.12. The Labute approximate surface area is 230 Å². The van der Waals surface area contributed by atoms with Crippen LogP contribution >= 0.6 is 11.6 Å². The first kappa shape index (κ1) is 29.2. The van der Waals surface area contributed by atoms with E-state index in [9.17, 15) is 18.0 Å². The van der Waals surface area contributed by atoms with Crippen LogP contribution in [-0.4, -0.2) is 43.8 Å². The van der Waals surface area contributed by atoms with Crippen molar-refractivity contribution in [1.29, 1.82) is 0 Å². The fraction of sp³-hybridized carbons (Fsp3) is 0.310. The number of amides is 2. The summed E-state index contributed by atoms with van der Waals surface area (Å²) in [5.41, 5.74) is 1.18. The first-order valence-electron chi connectivity index (χ1n) is 12.6. The maximum Gasteiger partial charge on any atom is 0.264 e. The molecule has 2 amide bonds. The lowest BCUT2D eigenvalue weighted by atomic mass is 10.1. The monoisotopic (exact) mass is 555 g/mol. The van der Waals surface area contributed by atoms with Crippen molar-refractivity contribution in [1.82, 2.24) is 10.2 Å². The van der Waals surface area contributed by atoms with E-state index in [1.165, 1.54) is 29.2 Å². The van der Waals surface area contributed by atoms with Crippen LogP contribution < -0.4 is 9.62 Å². The molecule has 0 bridgehead atoms. The number of para-hydroxylation sites is 1. The highest BCUT2D eigenvalue weighted by atomic mass is 35.5. The van der Waals surface area contributed by atoms with Crippen LogP contribution in [0.1, 0.15) is 39.2 Å². The first-order chi connectivity index (χ1) is 18.2. The molecule has 202 valence electrons. The van der Waals surface area contributed by atoms with Gasteiger partial charge in [0.1, 0.15) is 12.6 Å². The Balaban J connectivity index is 2.01. The molecule has 3 aromatic carbocycles. The van der Waals surface area contributed by atoms with Gasteiger partial charge in [0.2, 0.25) is 11.8 Å². The fourth-order valence-corrected chi connectivity index (χ4v) is 5.54. The van der Waals surface area contributed by atoms with Crippen molar-refractivity contribution in [2.75, 3.05) is 10.8 Å². The van der Waals surface area contributed by atoms with Crippen LogP contribution in [0, 0.1) is 0 Å². The van der Waals surface area contributed by atoms with Crippen LogP contribution in [0.25, 0.3) is 0 Å². The highest BCUT2D eigenvalue weighted by Crippen LogP contribution is 2.25. The molecule has 1 N–H and O–H groups in total. The molecular weight excluding hydrogens is 522 g/mol. The van der Waals surface area contributed by atoms with E-state index in [0.29, 0.717) is 17.1 Å². The number of carbonyl (C=O) groups is 2. The lowest BCUT2D eigenvalue weighted by molar-refractivity contribution is -0.140. The number of sulfonamides is 1. The second kappa shape index (κ2) is 13.4. The molecule has 7 nitrogen and oxygen atoms in total. The van der Waals surface area contributed by atoms with Crippen molar-refractivity contribution in [3.63, 3.8) is 0 Å². The summed E-state index contributed by atoms with van der Waals surface area (Å²) in [7, 11) is -4.12. The Morgan fingerprint density at radius 2 is 1.45 bits per heavy atom. The summed E-state index contributed by atoms with van der Waals surface area (Å²) in [6.45, 7) is 5.40. The molecule has 38 heavy (non-hydrogen) atoms. The van der Waals surface area contributed by atoms with Crippen molar-refractivity contribution >= 4 is 39.1 Å². The number of benzene rings is 3. The third kappa shape index (κ3) is 7.36. The molecule has 0 saturated carbocycles. The molecule has 0 aromatic heterocycles. The van der Waals surface area contributed by atoms with Gasteiger partial charge in [-0.1, -0.05) is 74.0 Å². The Bertz CT molecular complexity index is 1300. The Kier molecular flexibility index (Phi) is 10.3. The van der Waals surface area contributed by atoms with E-state index in [1.807, 2.05) is 51.1 Å². The number of halogens is 1. The van der Waals surface area contributed by atoms with Gasteiger partial charge in [0.15, 0.2) is 0 Å². The molecule has 0 aliphatic rings. The lowest BCUT2D eigenvalue weighted by Crippen LogP contribution is -2.53. The summed E-state index contributed by atoms with van der Waals surface area (Å²) in [6.07, 6.45) is 1.12. The van der Waals surface area contributed by atoms with Crippen molar-refractivity contribution in [3.8, 4) is 0 Å². The van der Waals surface area contributed by atoms with Crippen molar-refractivity contribution < 1.29 is 18.0 Å². The molecule has 0 fully saturated rings. The number of hydrogen-bond acceptors (Lipinski definition) is 4. The summed E-state index contributed by atoms with van der Waals surface area (Å²) in [5.74, 6) is -0.751. The van der Waals surface area contributed by atoms with Crippen LogP contribution in [0.15, 0.2) is 89.8 Å². The Hall–Kier alpha value is -3.36. The second-order valence-corrected chi connectivity index (χ2v) is 11.3. The van der Waals surface area contributed by atoms with Gasteiger partial charge >= 0.3 is 0 Å². The van der Waals surface area contributed by atoms with Crippen molar-refractivity contribution in [3.05, 3.63) is 95.5 Å². The lowest BCUT2D eigenvalue weighted by Gasteiger charge is -2.33. The van der Waals surface area contributed by atoms with Crippen molar-refractivity contribution in [2.45, 2.75) is 57.1 Å². The average Bonchev–Trinajstić information content (AvgIpc) is 2.92. The van der Waals surface area contributed by atoms with E-state index in [1.54, 1.807) is 30.3 Å². The standard InChI is InChI=1S/C29H34ClN3O4S/c1-4-22(3)31-29(35)27(5-2)32(20-23-12-8-6-9-13-23)28(34)21-33(25-14-10-7-11-15-25)38(36,37)26-18-16-24(30)17-19-26/h6-19,22,27H,4-5,20-21H2,1-3H3,(H,31,35). The smallest absolute Gasteiger partial charge is 0.264 e. The number of rotatable bonds is 12. The van der Waals surface area contributed by atoms with Crippen LogP contribution in [0.2, 0.25) is 5.02 Å². The van der Waals surface area contributed by atoms with Gasteiger partial charge in [0, 0.05) is 17.6 Å². The topological polar surface area (TPSA) is 86.8 Å². The Morgan fingerprint density at radius 3 is 2.00 bits per heavy atom. The third-order valence-electron chi connectivity index (χ3n) is 6.31. The molecule has 2 unspecified atom stereocenters. The molecule has 0 saturated heterocycles. The zero-order chi connectivity index (χ0) is 27.7. The van der Waals surface area contributed by atoms with E-state index in [0.717, 1.165) is 16.3 Å². The molecule has 0 aliphatic carbocycles. The van der Waals surface area contributed by atoms with E-state index < -0.39 is 28.5 Å². The second-order valence-electron chi connectivity index (χ2n) is 9.05. The molecule has 0 heterocycles. The van der Waals surface area contributed by atoms with E-state index in [4.69, 9.17) is 11.6 Å². The molecule has 0 spiro atoms. The number of nitrogens with zero attached hydrogens (tertiary/aromatic N) is 2. The van der Waals surface area contributed by atoms with Gasteiger partial charge < -0.3 is 10.2 Å². The maximum atomic E-state index is 13.9. The summed E-state index contributed by atoms with van der Waals surface area (Å²) in [6, 6.07) is 22.8.